The first-order chi connectivity index (χ1) is 12.0. The highest BCUT2D eigenvalue weighted by Crippen LogP contribution is 2.33. The molecule has 0 bridgehead atoms. The summed E-state index contributed by atoms with van der Waals surface area (Å²) >= 11 is 0. The van der Waals surface area contributed by atoms with E-state index < -0.39 is 11.7 Å². The maximum atomic E-state index is 12.9. The van der Waals surface area contributed by atoms with Crippen LogP contribution >= 0.6 is 0 Å². The van der Waals surface area contributed by atoms with Crippen molar-refractivity contribution in [1.82, 2.24) is 0 Å². The number of hydrogen-bond donors (Lipinski definition) is 0. The van der Waals surface area contributed by atoms with Gasteiger partial charge in [-0.05, 0) is 24.3 Å². The van der Waals surface area contributed by atoms with E-state index in [1.165, 1.54) is 12.1 Å². The van der Waals surface area contributed by atoms with E-state index in [9.17, 15) is 13.2 Å². The van der Waals surface area contributed by atoms with Gasteiger partial charge in [0.05, 0.1) is 11.8 Å². The van der Waals surface area contributed by atoms with Crippen molar-refractivity contribution in [2.45, 2.75) is 6.18 Å². The number of alkyl halides is 3. The molecule has 3 nitrogen and oxygen atoms in total. The van der Waals surface area contributed by atoms with Gasteiger partial charge in [-0.1, -0.05) is 18.2 Å². The number of benzene rings is 2. The van der Waals surface area contributed by atoms with Crippen molar-refractivity contribution in [3.63, 3.8) is 0 Å². The van der Waals surface area contributed by atoms with Gasteiger partial charge >= 0.3 is 6.18 Å². The molecule has 2 aromatic carbocycles. The van der Waals surface area contributed by atoms with E-state index in [1.807, 2.05) is 17.0 Å². The van der Waals surface area contributed by atoms with E-state index in [4.69, 9.17) is 4.42 Å². The molecular formula is C19H17F3N2O. The number of fused-ring (bicyclic) bond motifs is 1. The van der Waals surface area contributed by atoms with Gasteiger partial charge in [-0.2, -0.15) is 13.2 Å². The molecule has 6 heteroatoms. The lowest BCUT2D eigenvalue weighted by atomic mass is 10.1. The zero-order valence-electron chi connectivity index (χ0n) is 13.5. The van der Waals surface area contributed by atoms with Crippen LogP contribution in [0.15, 0.2) is 59.4 Å². The molecule has 0 spiro atoms. The minimum absolute atomic E-state index is 0.601. The smallest absolute Gasteiger partial charge is 0.416 e. The van der Waals surface area contributed by atoms with Crippen LogP contribution in [0.2, 0.25) is 0 Å². The third kappa shape index (κ3) is 3.04. The number of anilines is 2. The fourth-order valence-corrected chi connectivity index (χ4v) is 3.34. The zero-order valence-corrected chi connectivity index (χ0v) is 13.5. The van der Waals surface area contributed by atoms with Crippen LogP contribution in [-0.2, 0) is 6.18 Å². The second-order valence-corrected chi connectivity index (χ2v) is 6.17. The molecule has 1 fully saturated rings. The van der Waals surface area contributed by atoms with Crippen molar-refractivity contribution < 1.29 is 17.6 Å². The number of rotatable bonds is 2. The fourth-order valence-electron chi connectivity index (χ4n) is 3.34. The number of halogens is 3. The minimum atomic E-state index is -4.31. The first-order valence-electron chi connectivity index (χ1n) is 8.14. The van der Waals surface area contributed by atoms with Gasteiger partial charge in [0, 0.05) is 48.3 Å². The SMILES string of the molecule is FC(F)(F)c1cccc(N2CCN(c3cccc4cocc34)CC2)c1. The number of nitrogens with zero attached hydrogens (tertiary/aromatic N) is 2. The summed E-state index contributed by atoms with van der Waals surface area (Å²) in [7, 11) is 0. The summed E-state index contributed by atoms with van der Waals surface area (Å²) in [6, 6.07) is 11.6. The van der Waals surface area contributed by atoms with Gasteiger partial charge in [-0.25, -0.2) is 0 Å². The van der Waals surface area contributed by atoms with Crippen LogP contribution in [-0.4, -0.2) is 26.2 Å². The summed E-state index contributed by atoms with van der Waals surface area (Å²) in [5.41, 5.74) is 1.13. The summed E-state index contributed by atoms with van der Waals surface area (Å²) in [5.74, 6) is 0. The third-order valence-electron chi connectivity index (χ3n) is 4.66. The minimum Gasteiger partial charge on any atom is -0.471 e. The highest BCUT2D eigenvalue weighted by molar-refractivity contribution is 5.93. The van der Waals surface area contributed by atoms with Gasteiger partial charge in [-0.3, -0.25) is 0 Å². The quantitative estimate of drug-likeness (QED) is 0.666. The Bertz CT molecular complexity index is 880. The molecule has 2 heterocycles. The molecule has 130 valence electrons. The Balaban J connectivity index is 1.51. The van der Waals surface area contributed by atoms with E-state index >= 15 is 0 Å². The molecule has 1 aliphatic heterocycles. The summed E-state index contributed by atoms with van der Waals surface area (Å²) < 4.78 is 44.0. The maximum Gasteiger partial charge on any atom is 0.416 e. The van der Waals surface area contributed by atoms with Gasteiger partial charge < -0.3 is 14.2 Å². The number of furan rings is 1. The lowest BCUT2D eigenvalue weighted by molar-refractivity contribution is -0.137. The van der Waals surface area contributed by atoms with Crippen molar-refractivity contribution in [2.24, 2.45) is 0 Å². The lowest BCUT2D eigenvalue weighted by Gasteiger charge is -2.37. The molecule has 4 rings (SSSR count). The largest absolute Gasteiger partial charge is 0.471 e. The predicted molar refractivity (Wildman–Crippen MR) is 92.1 cm³/mol. The fraction of sp³-hybridized carbons (Fsp3) is 0.263. The Hall–Kier alpha value is -2.63. The molecule has 0 N–H and O–H groups in total. The standard InChI is InChI=1S/C19H17F3N2O/c20-19(21,22)15-4-2-5-16(11-15)23-7-9-24(10-8-23)18-6-1-3-14-12-25-13-17(14)18/h1-6,11-13H,7-10H2. The number of hydrogen-bond acceptors (Lipinski definition) is 3. The maximum absolute atomic E-state index is 12.9. The van der Waals surface area contributed by atoms with Crippen LogP contribution in [0.25, 0.3) is 10.8 Å². The van der Waals surface area contributed by atoms with E-state index in [-0.39, 0.29) is 0 Å². The van der Waals surface area contributed by atoms with E-state index in [1.54, 1.807) is 18.6 Å². The molecule has 0 radical (unpaired) electrons. The normalized spacial score (nSPS) is 15.8. The van der Waals surface area contributed by atoms with Crippen LogP contribution in [0.1, 0.15) is 5.56 Å². The van der Waals surface area contributed by atoms with Crippen LogP contribution in [0.5, 0.6) is 0 Å². The highest BCUT2D eigenvalue weighted by Gasteiger charge is 2.31. The molecule has 0 aliphatic carbocycles. The second-order valence-electron chi connectivity index (χ2n) is 6.17. The molecule has 0 amide bonds. The summed E-state index contributed by atoms with van der Waals surface area (Å²) in [5, 5.41) is 2.12. The molecule has 1 aromatic heterocycles. The van der Waals surface area contributed by atoms with Gasteiger partial charge in [0.25, 0.3) is 0 Å². The Morgan fingerprint density at radius 2 is 1.56 bits per heavy atom. The average Bonchev–Trinajstić information content (AvgIpc) is 3.10. The molecule has 1 aliphatic rings. The van der Waals surface area contributed by atoms with Gasteiger partial charge in [0.1, 0.15) is 6.26 Å². The summed E-state index contributed by atoms with van der Waals surface area (Å²) in [4.78, 5) is 4.25. The molecule has 1 saturated heterocycles. The van der Waals surface area contributed by atoms with Crippen molar-refractivity contribution >= 4 is 22.1 Å². The number of piperazine rings is 1. The first-order valence-corrected chi connectivity index (χ1v) is 8.14. The van der Waals surface area contributed by atoms with E-state index in [0.29, 0.717) is 18.8 Å². The average molecular weight is 346 g/mol. The Kier molecular flexibility index (Phi) is 3.82. The molecule has 25 heavy (non-hydrogen) atoms. The van der Waals surface area contributed by atoms with Gasteiger partial charge in [0.2, 0.25) is 0 Å². The summed E-state index contributed by atoms with van der Waals surface area (Å²) in [6.45, 7) is 2.85. The second kappa shape index (κ2) is 6.02. The Labute approximate surface area is 143 Å². The van der Waals surface area contributed by atoms with Crippen molar-refractivity contribution in [3.05, 3.63) is 60.6 Å². The van der Waals surface area contributed by atoms with Crippen molar-refractivity contribution in [1.29, 1.82) is 0 Å². The van der Waals surface area contributed by atoms with Crippen molar-refractivity contribution in [2.75, 3.05) is 36.0 Å². The third-order valence-corrected chi connectivity index (χ3v) is 4.66. The Morgan fingerprint density at radius 3 is 2.32 bits per heavy atom. The van der Waals surface area contributed by atoms with Crippen molar-refractivity contribution in [3.8, 4) is 0 Å². The topological polar surface area (TPSA) is 19.6 Å². The highest BCUT2D eigenvalue weighted by atomic mass is 19.4. The molecule has 0 unspecified atom stereocenters. The van der Waals surface area contributed by atoms with Gasteiger partial charge in [-0.15, -0.1) is 0 Å². The zero-order chi connectivity index (χ0) is 17.4. The first kappa shape index (κ1) is 15.9. The lowest BCUT2D eigenvalue weighted by Crippen LogP contribution is -2.46. The predicted octanol–water partition coefficient (Wildman–Crippen LogP) is 4.78. The van der Waals surface area contributed by atoms with Crippen LogP contribution in [0.4, 0.5) is 24.5 Å². The molecule has 3 aromatic rings. The summed E-state index contributed by atoms with van der Waals surface area (Å²) in [6.07, 6.45) is -0.851. The molecule has 0 atom stereocenters. The molecule has 0 saturated carbocycles. The Morgan fingerprint density at radius 1 is 0.840 bits per heavy atom. The van der Waals surface area contributed by atoms with Gasteiger partial charge in [0.15, 0.2) is 0 Å². The van der Waals surface area contributed by atoms with Crippen LogP contribution < -0.4 is 9.80 Å². The van der Waals surface area contributed by atoms with E-state index in [0.717, 1.165) is 35.6 Å². The van der Waals surface area contributed by atoms with Crippen LogP contribution in [0, 0.1) is 0 Å². The van der Waals surface area contributed by atoms with Crippen LogP contribution in [0.3, 0.4) is 0 Å². The molecular weight excluding hydrogens is 329 g/mol. The monoisotopic (exact) mass is 346 g/mol. The van der Waals surface area contributed by atoms with E-state index in [2.05, 4.69) is 11.0 Å².